The summed E-state index contributed by atoms with van der Waals surface area (Å²) < 4.78 is 6.59. The van der Waals surface area contributed by atoms with E-state index in [1.54, 1.807) is 35.4 Å². The Morgan fingerprint density at radius 2 is 2.18 bits per heavy atom. The Labute approximate surface area is 125 Å². The fourth-order valence-corrected chi connectivity index (χ4v) is 1.68. The highest BCUT2D eigenvalue weighted by Crippen LogP contribution is 2.10. The molecule has 0 radical (unpaired) electrons. The monoisotopic (exact) mass is 297 g/mol. The quantitative estimate of drug-likeness (QED) is 0.755. The summed E-state index contributed by atoms with van der Waals surface area (Å²) in [7, 11) is 1.47. The van der Waals surface area contributed by atoms with Gasteiger partial charge in [0, 0.05) is 24.5 Å². The molecule has 0 saturated carbocycles. The summed E-state index contributed by atoms with van der Waals surface area (Å²) in [6, 6.07) is 4.69. The van der Waals surface area contributed by atoms with Crippen molar-refractivity contribution in [2.45, 2.75) is 0 Å². The molecule has 9 heteroatoms. The number of methoxy groups -OCH3 is 1. The number of carbonyl (C=O) groups is 1. The molecule has 3 aromatic rings. The molecule has 0 saturated heterocycles. The van der Waals surface area contributed by atoms with Crippen LogP contribution in [0.1, 0.15) is 10.5 Å². The van der Waals surface area contributed by atoms with E-state index in [9.17, 15) is 4.79 Å². The smallest absolute Gasteiger partial charge is 0.277 e. The van der Waals surface area contributed by atoms with Crippen LogP contribution in [0.2, 0.25) is 0 Å². The fraction of sp³-hybridized carbons (Fsp3) is 0.0769. The van der Waals surface area contributed by atoms with Gasteiger partial charge in [-0.2, -0.15) is 0 Å². The number of amides is 1. The van der Waals surface area contributed by atoms with E-state index in [0.717, 1.165) is 0 Å². The number of nitrogens with one attached hydrogen (secondary N) is 1. The third-order valence-corrected chi connectivity index (χ3v) is 2.75. The summed E-state index contributed by atoms with van der Waals surface area (Å²) in [5, 5.41) is 10.1. The Hall–Kier alpha value is -3.36. The van der Waals surface area contributed by atoms with Crippen molar-refractivity contribution in [3.63, 3.8) is 0 Å². The Morgan fingerprint density at radius 1 is 1.27 bits per heavy atom. The van der Waals surface area contributed by atoms with E-state index < -0.39 is 5.91 Å². The first-order chi connectivity index (χ1) is 10.8. The van der Waals surface area contributed by atoms with Crippen LogP contribution in [0, 0.1) is 0 Å². The fourth-order valence-electron chi connectivity index (χ4n) is 1.68. The van der Waals surface area contributed by atoms with Gasteiger partial charge in [-0.25, -0.2) is 15.0 Å². The van der Waals surface area contributed by atoms with Gasteiger partial charge in [0.15, 0.2) is 5.69 Å². The standard InChI is InChI=1S/C13H11N7O2/c1-22-12-3-2-9(18-19-12)13(21)17-10-6-11(16-7-15-10)20-5-4-14-8-20/h2-8H,1H3,(H,15,16,17,21). The molecule has 1 amide bonds. The zero-order valence-electron chi connectivity index (χ0n) is 11.5. The lowest BCUT2D eigenvalue weighted by atomic mass is 10.3. The number of ether oxygens (including phenoxy) is 1. The molecule has 0 fully saturated rings. The van der Waals surface area contributed by atoms with Crippen molar-refractivity contribution in [1.82, 2.24) is 29.7 Å². The predicted molar refractivity (Wildman–Crippen MR) is 75.7 cm³/mol. The minimum atomic E-state index is -0.426. The van der Waals surface area contributed by atoms with Crippen LogP contribution in [0.3, 0.4) is 0 Å². The third kappa shape index (κ3) is 2.87. The molecular formula is C13H11N7O2. The van der Waals surface area contributed by atoms with Crippen LogP contribution in [-0.2, 0) is 0 Å². The predicted octanol–water partition coefficient (Wildman–Crippen LogP) is 0.713. The maximum atomic E-state index is 12.1. The van der Waals surface area contributed by atoms with E-state index >= 15 is 0 Å². The summed E-state index contributed by atoms with van der Waals surface area (Å²) in [5.41, 5.74) is 0.156. The van der Waals surface area contributed by atoms with Crippen molar-refractivity contribution in [1.29, 1.82) is 0 Å². The largest absolute Gasteiger partial charge is 0.480 e. The Balaban J connectivity index is 1.77. The first-order valence-electron chi connectivity index (χ1n) is 6.26. The second-order valence-electron chi connectivity index (χ2n) is 4.15. The minimum absolute atomic E-state index is 0.156. The molecule has 0 atom stereocenters. The van der Waals surface area contributed by atoms with Gasteiger partial charge in [0.05, 0.1) is 7.11 Å². The number of rotatable bonds is 4. The topological polar surface area (TPSA) is 108 Å². The first kappa shape index (κ1) is 13.6. The van der Waals surface area contributed by atoms with E-state index in [1.165, 1.54) is 19.5 Å². The number of hydrogen-bond donors (Lipinski definition) is 1. The van der Waals surface area contributed by atoms with Crippen molar-refractivity contribution in [3.8, 4) is 11.7 Å². The molecule has 9 nitrogen and oxygen atoms in total. The van der Waals surface area contributed by atoms with E-state index in [4.69, 9.17) is 4.74 Å². The third-order valence-electron chi connectivity index (χ3n) is 2.75. The average Bonchev–Trinajstić information content (AvgIpc) is 3.10. The molecule has 110 valence electrons. The number of carbonyl (C=O) groups excluding carboxylic acids is 1. The second kappa shape index (κ2) is 5.95. The van der Waals surface area contributed by atoms with Crippen molar-refractivity contribution in [2.24, 2.45) is 0 Å². The Bertz CT molecular complexity index is 771. The van der Waals surface area contributed by atoms with Gasteiger partial charge < -0.3 is 10.1 Å². The Kier molecular flexibility index (Phi) is 3.69. The van der Waals surface area contributed by atoms with Crippen LogP contribution < -0.4 is 10.1 Å². The Morgan fingerprint density at radius 3 is 2.86 bits per heavy atom. The van der Waals surface area contributed by atoms with Gasteiger partial charge in [0.1, 0.15) is 24.3 Å². The average molecular weight is 297 g/mol. The van der Waals surface area contributed by atoms with Crippen LogP contribution >= 0.6 is 0 Å². The normalized spacial score (nSPS) is 10.2. The highest BCUT2D eigenvalue weighted by molar-refractivity contribution is 6.02. The van der Waals surface area contributed by atoms with Gasteiger partial charge in [-0.1, -0.05) is 0 Å². The molecule has 0 aliphatic heterocycles. The van der Waals surface area contributed by atoms with Crippen molar-refractivity contribution < 1.29 is 9.53 Å². The van der Waals surface area contributed by atoms with Gasteiger partial charge >= 0.3 is 0 Å². The molecule has 3 rings (SSSR count). The SMILES string of the molecule is COc1ccc(C(=O)Nc2cc(-n3ccnc3)ncn2)nn1. The number of aromatic nitrogens is 6. The lowest BCUT2D eigenvalue weighted by molar-refractivity contribution is 0.102. The van der Waals surface area contributed by atoms with E-state index in [2.05, 4.69) is 30.5 Å². The summed E-state index contributed by atoms with van der Waals surface area (Å²) >= 11 is 0. The van der Waals surface area contributed by atoms with Gasteiger partial charge in [0.25, 0.3) is 5.91 Å². The van der Waals surface area contributed by atoms with Gasteiger partial charge in [-0.3, -0.25) is 9.36 Å². The summed E-state index contributed by atoms with van der Waals surface area (Å²) in [6.45, 7) is 0. The van der Waals surface area contributed by atoms with E-state index in [0.29, 0.717) is 17.5 Å². The van der Waals surface area contributed by atoms with Crippen LogP contribution in [0.4, 0.5) is 5.82 Å². The number of hydrogen-bond acceptors (Lipinski definition) is 7. The summed E-state index contributed by atoms with van der Waals surface area (Å²) in [5.74, 6) is 0.844. The van der Waals surface area contributed by atoms with Crippen LogP contribution in [0.25, 0.3) is 5.82 Å². The van der Waals surface area contributed by atoms with Gasteiger partial charge in [-0.05, 0) is 6.07 Å². The van der Waals surface area contributed by atoms with Crippen LogP contribution in [0.15, 0.2) is 43.2 Å². The van der Waals surface area contributed by atoms with Crippen molar-refractivity contribution in [3.05, 3.63) is 48.9 Å². The molecule has 0 bridgehead atoms. The maximum absolute atomic E-state index is 12.1. The molecule has 3 heterocycles. The zero-order valence-corrected chi connectivity index (χ0v) is 11.5. The first-order valence-corrected chi connectivity index (χ1v) is 6.26. The van der Waals surface area contributed by atoms with Gasteiger partial charge in [-0.15, -0.1) is 10.2 Å². The van der Waals surface area contributed by atoms with Crippen molar-refractivity contribution >= 4 is 11.7 Å². The molecule has 0 aliphatic rings. The van der Waals surface area contributed by atoms with Crippen LogP contribution in [0.5, 0.6) is 5.88 Å². The molecule has 1 N–H and O–H groups in total. The highest BCUT2D eigenvalue weighted by atomic mass is 16.5. The molecule has 0 aliphatic carbocycles. The zero-order chi connectivity index (χ0) is 15.4. The number of imidazole rings is 1. The molecular weight excluding hydrogens is 286 g/mol. The molecule has 0 unspecified atom stereocenters. The summed E-state index contributed by atoms with van der Waals surface area (Å²) in [6.07, 6.45) is 6.32. The maximum Gasteiger partial charge on any atom is 0.277 e. The lowest BCUT2D eigenvalue weighted by Crippen LogP contribution is -2.15. The highest BCUT2D eigenvalue weighted by Gasteiger charge is 2.10. The second-order valence-corrected chi connectivity index (χ2v) is 4.15. The van der Waals surface area contributed by atoms with Crippen molar-refractivity contribution in [2.75, 3.05) is 12.4 Å². The number of nitrogens with zero attached hydrogens (tertiary/aromatic N) is 6. The summed E-state index contributed by atoms with van der Waals surface area (Å²) in [4.78, 5) is 24.1. The van der Waals surface area contributed by atoms with E-state index in [-0.39, 0.29) is 5.69 Å². The molecule has 0 spiro atoms. The molecule has 0 aromatic carbocycles. The molecule has 22 heavy (non-hydrogen) atoms. The van der Waals surface area contributed by atoms with Crippen LogP contribution in [-0.4, -0.2) is 42.7 Å². The lowest BCUT2D eigenvalue weighted by Gasteiger charge is -2.06. The molecule has 3 aromatic heterocycles. The number of anilines is 1. The van der Waals surface area contributed by atoms with E-state index in [1.807, 2.05) is 0 Å². The van der Waals surface area contributed by atoms with Gasteiger partial charge in [0.2, 0.25) is 5.88 Å². The minimum Gasteiger partial charge on any atom is -0.480 e.